The second-order valence-electron chi connectivity index (χ2n) is 2.49. The molecule has 0 atom stereocenters. The molecule has 0 aromatic carbocycles. The molecule has 0 aliphatic heterocycles. The van der Waals surface area contributed by atoms with Crippen molar-refractivity contribution in [1.82, 2.24) is 0 Å². The van der Waals surface area contributed by atoms with Gasteiger partial charge in [-0.05, 0) is 25.7 Å². The van der Waals surface area contributed by atoms with Gasteiger partial charge in [-0.15, -0.1) is 0 Å². The predicted octanol–water partition coefficient (Wildman–Crippen LogP) is 2.47. The first-order chi connectivity index (χ1) is 4.93. The second-order valence-corrected chi connectivity index (χ2v) is 2.49. The monoisotopic (exact) mass is 139 g/mol. The molecule has 1 aliphatic carbocycles. The Kier molecular flexibility index (Phi) is 3.00. The van der Waals surface area contributed by atoms with Crippen molar-refractivity contribution in [3.05, 3.63) is 12.8 Å². The molecule has 10 heavy (non-hydrogen) atoms. The Bertz CT molecular complexity index is 132. The standard InChI is InChI=1S/C8H13NO/c1-2-10-9-8-6-4-3-5-7-8/h2H,1,3-7H2. The van der Waals surface area contributed by atoms with Crippen LogP contribution >= 0.6 is 0 Å². The van der Waals surface area contributed by atoms with Crippen LogP contribution < -0.4 is 0 Å². The third kappa shape index (κ3) is 2.21. The van der Waals surface area contributed by atoms with Crippen molar-refractivity contribution in [3.8, 4) is 0 Å². The fraction of sp³-hybridized carbons (Fsp3) is 0.625. The normalized spacial score (nSPS) is 18.2. The smallest absolute Gasteiger partial charge is 0.114 e. The quantitative estimate of drug-likeness (QED) is 0.425. The molecule has 1 aliphatic rings. The maximum atomic E-state index is 4.72. The molecule has 1 saturated carbocycles. The van der Waals surface area contributed by atoms with E-state index < -0.39 is 0 Å². The van der Waals surface area contributed by atoms with E-state index in [2.05, 4.69) is 11.7 Å². The first-order valence-electron chi connectivity index (χ1n) is 3.76. The van der Waals surface area contributed by atoms with Crippen LogP contribution in [0.2, 0.25) is 0 Å². The van der Waals surface area contributed by atoms with Gasteiger partial charge in [-0.1, -0.05) is 18.2 Å². The summed E-state index contributed by atoms with van der Waals surface area (Å²) >= 11 is 0. The van der Waals surface area contributed by atoms with Crippen LogP contribution in [0.4, 0.5) is 0 Å². The van der Waals surface area contributed by atoms with E-state index in [9.17, 15) is 0 Å². The van der Waals surface area contributed by atoms with E-state index in [0.29, 0.717) is 0 Å². The number of nitrogens with zero attached hydrogens (tertiary/aromatic N) is 1. The summed E-state index contributed by atoms with van der Waals surface area (Å²) in [6, 6.07) is 0. The summed E-state index contributed by atoms with van der Waals surface area (Å²) in [4.78, 5) is 4.72. The highest BCUT2D eigenvalue weighted by Crippen LogP contribution is 2.14. The summed E-state index contributed by atoms with van der Waals surface area (Å²) in [7, 11) is 0. The van der Waals surface area contributed by atoms with Crippen molar-refractivity contribution in [2.75, 3.05) is 0 Å². The molecule has 2 nitrogen and oxygen atoms in total. The van der Waals surface area contributed by atoms with Crippen molar-refractivity contribution in [2.45, 2.75) is 32.1 Å². The van der Waals surface area contributed by atoms with Crippen molar-refractivity contribution in [1.29, 1.82) is 0 Å². The van der Waals surface area contributed by atoms with Gasteiger partial charge in [0, 0.05) is 0 Å². The van der Waals surface area contributed by atoms with E-state index in [1.807, 2.05) is 0 Å². The number of hydrogen-bond donors (Lipinski definition) is 0. The average Bonchev–Trinajstić information content (AvgIpc) is 2.03. The Morgan fingerprint density at radius 2 is 2.00 bits per heavy atom. The lowest BCUT2D eigenvalue weighted by Crippen LogP contribution is -2.04. The fourth-order valence-electron chi connectivity index (χ4n) is 1.16. The van der Waals surface area contributed by atoms with Gasteiger partial charge in [-0.3, -0.25) is 0 Å². The second kappa shape index (κ2) is 4.09. The molecule has 2 heteroatoms. The third-order valence-electron chi connectivity index (χ3n) is 1.69. The zero-order chi connectivity index (χ0) is 7.23. The molecule has 0 unspecified atom stereocenters. The SMILES string of the molecule is C=CON=C1CCCCC1. The van der Waals surface area contributed by atoms with E-state index in [4.69, 9.17) is 4.84 Å². The summed E-state index contributed by atoms with van der Waals surface area (Å²) in [5.74, 6) is 0. The van der Waals surface area contributed by atoms with Crippen molar-refractivity contribution >= 4 is 5.71 Å². The first-order valence-corrected chi connectivity index (χ1v) is 3.76. The zero-order valence-electron chi connectivity index (χ0n) is 6.18. The first kappa shape index (κ1) is 7.32. The summed E-state index contributed by atoms with van der Waals surface area (Å²) in [6.07, 6.45) is 7.44. The van der Waals surface area contributed by atoms with Crippen LogP contribution in [0.5, 0.6) is 0 Å². The minimum atomic E-state index is 1.10. The topological polar surface area (TPSA) is 21.6 Å². The molecule has 0 amide bonds. The van der Waals surface area contributed by atoms with Crippen molar-refractivity contribution in [3.63, 3.8) is 0 Å². The summed E-state index contributed by atoms with van der Waals surface area (Å²) in [5, 5.41) is 3.90. The van der Waals surface area contributed by atoms with Gasteiger partial charge in [0.25, 0.3) is 0 Å². The lowest BCUT2D eigenvalue weighted by atomic mass is 9.99. The van der Waals surface area contributed by atoms with Crippen LogP contribution in [0, 0.1) is 0 Å². The molecule has 0 spiro atoms. The van der Waals surface area contributed by atoms with Crippen LogP contribution in [0.3, 0.4) is 0 Å². The van der Waals surface area contributed by atoms with Gasteiger partial charge in [0.15, 0.2) is 0 Å². The number of rotatable bonds is 2. The maximum Gasteiger partial charge on any atom is 0.114 e. The van der Waals surface area contributed by atoms with E-state index in [1.54, 1.807) is 0 Å². The van der Waals surface area contributed by atoms with E-state index in [0.717, 1.165) is 12.8 Å². The van der Waals surface area contributed by atoms with E-state index in [-0.39, 0.29) is 0 Å². The van der Waals surface area contributed by atoms with Gasteiger partial charge in [0.1, 0.15) is 6.26 Å². The molecule has 0 aromatic heterocycles. The largest absolute Gasteiger partial charge is 0.366 e. The predicted molar refractivity (Wildman–Crippen MR) is 41.8 cm³/mol. The van der Waals surface area contributed by atoms with Crippen LogP contribution in [-0.2, 0) is 4.84 Å². The fourth-order valence-corrected chi connectivity index (χ4v) is 1.16. The maximum absolute atomic E-state index is 4.72. The highest BCUT2D eigenvalue weighted by atomic mass is 16.6. The summed E-state index contributed by atoms with van der Waals surface area (Å²) < 4.78 is 0. The van der Waals surface area contributed by atoms with E-state index >= 15 is 0 Å². The molecule has 0 heterocycles. The van der Waals surface area contributed by atoms with Crippen LogP contribution in [0.25, 0.3) is 0 Å². The van der Waals surface area contributed by atoms with Crippen molar-refractivity contribution in [2.24, 2.45) is 5.16 Å². The molecule has 0 aromatic rings. The molecule has 0 saturated heterocycles. The van der Waals surface area contributed by atoms with Gasteiger partial charge in [-0.2, -0.15) is 0 Å². The average molecular weight is 139 g/mol. The van der Waals surface area contributed by atoms with Gasteiger partial charge in [-0.25, -0.2) is 0 Å². The summed E-state index contributed by atoms with van der Waals surface area (Å²) in [6.45, 7) is 3.42. The van der Waals surface area contributed by atoms with Gasteiger partial charge >= 0.3 is 0 Å². The lowest BCUT2D eigenvalue weighted by Gasteiger charge is -2.10. The lowest BCUT2D eigenvalue weighted by molar-refractivity contribution is 0.266. The minimum absolute atomic E-state index is 1.10. The molecule has 1 fully saturated rings. The molecular weight excluding hydrogens is 126 g/mol. The van der Waals surface area contributed by atoms with Crippen LogP contribution in [0.1, 0.15) is 32.1 Å². The van der Waals surface area contributed by atoms with Crippen LogP contribution in [-0.4, -0.2) is 5.71 Å². The Hall–Kier alpha value is -0.790. The Balaban J connectivity index is 2.30. The van der Waals surface area contributed by atoms with Gasteiger partial charge in [0.2, 0.25) is 0 Å². The highest BCUT2D eigenvalue weighted by Gasteiger charge is 2.06. The highest BCUT2D eigenvalue weighted by molar-refractivity contribution is 5.84. The van der Waals surface area contributed by atoms with Crippen molar-refractivity contribution < 1.29 is 4.84 Å². The Labute approximate surface area is 61.6 Å². The van der Waals surface area contributed by atoms with Crippen LogP contribution in [0.15, 0.2) is 18.0 Å². The molecular formula is C8H13NO. The van der Waals surface area contributed by atoms with Gasteiger partial charge < -0.3 is 4.84 Å². The summed E-state index contributed by atoms with van der Waals surface area (Å²) in [5.41, 5.74) is 1.19. The Morgan fingerprint density at radius 1 is 1.30 bits per heavy atom. The molecule has 56 valence electrons. The Morgan fingerprint density at radius 3 is 2.60 bits per heavy atom. The molecule has 0 bridgehead atoms. The zero-order valence-corrected chi connectivity index (χ0v) is 6.18. The van der Waals surface area contributed by atoms with E-state index in [1.165, 1.54) is 31.2 Å². The van der Waals surface area contributed by atoms with Gasteiger partial charge in [0.05, 0.1) is 5.71 Å². The number of oxime groups is 1. The molecule has 0 N–H and O–H groups in total. The molecule has 1 rings (SSSR count). The third-order valence-corrected chi connectivity index (χ3v) is 1.69. The minimum Gasteiger partial charge on any atom is -0.366 e. The number of hydrogen-bond acceptors (Lipinski definition) is 2. The molecule has 0 radical (unpaired) electrons.